The summed E-state index contributed by atoms with van der Waals surface area (Å²) in [4.78, 5) is 11.2. The molecular formula is C12H10F3N7. The molecule has 0 spiro atoms. The van der Waals surface area contributed by atoms with Gasteiger partial charge in [-0.05, 0) is 12.1 Å². The second-order valence-corrected chi connectivity index (χ2v) is 4.30. The monoisotopic (exact) mass is 309 g/mol. The van der Waals surface area contributed by atoms with Crippen molar-refractivity contribution in [3.05, 3.63) is 36.4 Å². The number of rotatable bonds is 3. The van der Waals surface area contributed by atoms with Crippen LogP contribution in [0.3, 0.4) is 0 Å². The molecule has 0 fully saturated rings. The molecule has 10 heteroatoms. The Morgan fingerprint density at radius 3 is 2.64 bits per heavy atom. The molecule has 3 rings (SSSR count). The number of pyridine rings is 1. The van der Waals surface area contributed by atoms with E-state index in [-0.39, 0.29) is 11.6 Å². The predicted octanol–water partition coefficient (Wildman–Crippen LogP) is 2.32. The molecule has 0 saturated heterocycles. The molecule has 0 bridgehead atoms. The zero-order valence-electron chi connectivity index (χ0n) is 11.3. The smallest absolute Gasteiger partial charge is 0.373 e. The molecule has 3 aromatic rings. The molecule has 0 atom stereocenters. The molecule has 3 heterocycles. The average molecular weight is 309 g/mol. The minimum atomic E-state index is -4.57. The predicted molar refractivity (Wildman–Crippen MR) is 72.9 cm³/mol. The Morgan fingerprint density at radius 2 is 2.00 bits per heavy atom. The van der Waals surface area contributed by atoms with Crippen molar-refractivity contribution >= 4 is 23.1 Å². The van der Waals surface area contributed by atoms with Gasteiger partial charge in [0.05, 0.1) is 11.9 Å². The summed E-state index contributed by atoms with van der Waals surface area (Å²) in [5.74, 6) is 0.591. The molecule has 114 valence electrons. The maximum Gasteiger partial charge on any atom is 0.433 e. The Labute approximate surface area is 122 Å². The molecule has 0 amide bonds. The lowest BCUT2D eigenvalue weighted by Gasteiger charge is -2.11. The number of hydrogen-bond donors (Lipinski definition) is 2. The van der Waals surface area contributed by atoms with Crippen molar-refractivity contribution in [3.63, 3.8) is 0 Å². The van der Waals surface area contributed by atoms with E-state index in [4.69, 9.17) is 0 Å². The number of halogens is 3. The minimum Gasteiger partial charge on any atom is -0.373 e. The molecule has 3 aromatic heterocycles. The van der Waals surface area contributed by atoms with Crippen molar-refractivity contribution in [2.75, 3.05) is 17.7 Å². The van der Waals surface area contributed by atoms with Crippen LogP contribution in [-0.4, -0.2) is 31.6 Å². The third-order valence-corrected chi connectivity index (χ3v) is 2.83. The van der Waals surface area contributed by atoms with E-state index in [0.717, 1.165) is 12.4 Å². The highest BCUT2D eigenvalue weighted by molar-refractivity contribution is 5.59. The fourth-order valence-electron chi connectivity index (χ4n) is 1.81. The van der Waals surface area contributed by atoms with Crippen LogP contribution >= 0.6 is 0 Å². The van der Waals surface area contributed by atoms with Crippen molar-refractivity contribution in [1.29, 1.82) is 0 Å². The highest BCUT2D eigenvalue weighted by Crippen LogP contribution is 2.30. The standard InChI is InChI=1S/C12H10F3N7/c1-16-9-3-2-7(5-17-9)20-10-4-8(12(13,14)15)21-11-18-6-19-22(10)11/h2-6,20H,1H3,(H,16,17). The molecule has 2 N–H and O–H groups in total. The van der Waals surface area contributed by atoms with Gasteiger partial charge in [0, 0.05) is 13.1 Å². The van der Waals surface area contributed by atoms with Gasteiger partial charge in [-0.25, -0.2) is 9.97 Å². The molecule has 0 aromatic carbocycles. The molecule has 0 radical (unpaired) electrons. The SMILES string of the molecule is CNc1ccc(Nc2cc(C(F)(F)F)nc3ncnn23)cn1. The van der Waals surface area contributed by atoms with E-state index in [0.29, 0.717) is 11.5 Å². The zero-order chi connectivity index (χ0) is 15.7. The molecular weight excluding hydrogens is 299 g/mol. The number of nitrogens with zero attached hydrogens (tertiary/aromatic N) is 5. The topological polar surface area (TPSA) is 80.0 Å². The summed E-state index contributed by atoms with van der Waals surface area (Å²) in [7, 11) is 1.72. The minimum absolute atomic E-state index is 0.0915. The van der Waals surface area contributed by atoms with Gasteiger partial charge in [-0.3, -0.25) is 0 Å². The van der Waals surface area contributed by atoms with Crippen molar-refractivity contribution < 1.29 is 13.2 Å². The van der Waals surface area contributed by atoms with E-state index in [1.165, 1.54) is 10.7 Å². The summed E-state index contributed by atoms with van der Waals surface area (Å²) in [6.45, 7) is 0. The Morgan fingerprint density at radius 1 is 1.18 bits per heavy atom. The van der Waals surface area contributed by atoms with Gasteiger partial charge in [0.15, 0.2) is 5.69 Å². The van der Waals surface area contributed by atoms with Crippen LogP contribution < -0.4 is 10.6 Å². The molecule has 0 aliphatic rings. The van der Waals surface area contributed by atoms with Crippen molar-refractivity contribution in [2.45, 2.75) is 6.18 Å². The van der Waals surface area contributed by atoms with Gasteiger partial charge in [-0.1, -0.05) is 0 Å². The summed E-state index contributed by atoms with van der Waals surface area (Å²) in [5, 5.41) is 9.53. The fraction of sp³-hybridized carbons (Fsp3) is 0.167. The fourth-order valence-corrected chi connectivity index (χ4v) is 1.81. The zero-order valence-corrected chi connectivity index (χ0v) is 11.3. The van der Waals surface area contributed by atoms with Crippen molar-refractivity contribution in [1.82, 2.24) is 24.6 Å². The van der Waals surface area contributed by atoms with E-state index >= 15 is 0 Å². The average Bonchev–Trinajstić information content (AvgIpc) is 2.96. The summed E-state index contributed by atoms with van der Waals surface area (Å²) in [6.07, 6.45) is -1.95. The third kappa shape index (κ3) is 2.62. The first-order chi connectivity index (χ1) is 10.5. The molecule has 0 aliphatic carbocycles. The summed E-state index contributed by atoms with van der Waals surface area (Å²) >= 11 is 0. The lowest BCUT2D eigenvalue weighted by Crippen LogP contribution is -2.12. The van der Waals surface area contributed by atoms with E-state index in [1.807, 2.05) is 0 Å². The number of nitrogens with one attached hydrogen (secondary N) is 2. The second kappa shape index (κ2) is 5.13. The first kappa shape index (κ1) is 14.0. The maximum atomic E-state index is 12.9. The van der Waals surface area contributed by atoms with E-state index in [9.17, 15) is 13.2 Å². The molecule has 7 nitrogen and oxygen atoms in total. The Kier molecular flexibility index (Phi) is 3.28. The van der Waals surface area contributed by atoms with Gasteiger partial charge in [0.2, 0.25) is 0 Å². The van der Waals surface area contributed by atoms with Crippen LogP contribution in [0, 0.1) is 0 Å². The number of aromatic nitrogens is 5. The van der Waals surface area contributed by atoms with E-state index < -0.39 is 11.9 Å². The van der Waals surface area contributed by atoms with Crippen LogP contribution in [0.25, 0.3) is 5.78 Å². The quantitative estimate of drug-likeness (QED) is 0.773. The van der Waals surface area contributed by atoms with E-state index in [1.54, 1.807) is 19.2 Å². The molecule has 0 unspecified atom stereocenters. The van der Waals surface area contributed by atoms with Gasteiger partial charge < -0.3 is 10.6 Å². The van der Waals surface area contributed by atoms with Gasteiger partial charge in [-0.15, -0.1) is 0 Å². The molecule has 0 saturated carbocycles. The number of hydrogen-bond acceptors (Lipinski definition) is 6. The number of alkyl halides is 3. The Hall–Kier alpha value is -2.91. The maximum absolute atomic E-state index is 12.9. The van der Waals surface area contributed by atoms with Crippen LogP contribution in [0.4, 0.5) is 30.5 Å². The van der Waals surface area contributed by atoms with Crippen LogP contribution in [0.5, 0.6) is 0 Å². The summed E-state index contributed by atoms with van der Waals surface area (Å²) in [5.41, 5.74) is -0.537. The van der Waals surface area contributed by atoms with Crippen LogP contribution in [0.15, 0.2) is 30.7 Å². The normalized spacial score (nSPS) is 11.6. The molecule has 22 heavy (non-hydrogen) atoms. The van der Waals surface area contributed by atoms with E-state index in [2.05, 4.69) is 30.7 Å². The van der Waals surface area contributed by atoms with Gasteiger partial charge in [0.25, 0.3) is 5.78 Å². The van der Waals surface area contributed by atoms with Gasteiger partial charge in [-0.2, -0.15) is 27.8 Å². The highest BCUT2D eigenvalue weighted by atomic mass is 19.4. The van der Waals surface area contributed by atoms with Crippen LogP contribution in [0.1, 0.15) is 5.69 Å². The second-order valence-electron chi connectivity index (χ2n) is 4.30. The van der Waals surface area contributed by atoms with Gasteiger partial charge in [0.1, 0.15) is 18.0 Å². The molecule has 0 aliphatic heterocycles. The van der Waals surface area contributed by atoms with Gasteiger partial charge >= 0.3 is 6.18 Å². The van der Waals surface area contributed by atoms with Crippen molar-refractivity contribution in [2.24, 2.45) is 0 Å². The number of fused-ring (bicyclic) bond motifs is 1. The lowest BCUT2D eigenvalue weighted by atomic mass is 10.3. The van der Waals surface area contributed by atoms with Crippen LogP contribution in [-0.2, 0) is 6.18 Å². The Balaban J connectivity index is 2.02. The highest BCUT2D eigenvalue weighted by Gasteiger charge is 2.34. The lowest BCUT2D eigenvalue weighted by molar-refractivity contribution is -0.141. The largest absolute Gasteiger partial charge is 0.433 e. The first-order valence-corrected chi connectivity index (χ1v) is 6.16. The Bertz CT molecular complexity index is 795. The van der Waals surface area contributed by atoms with Crippen molar-refractivity contribution in [3.8, 4) is 0 Å². The summed E-state index contributed by atoms with van der Waals surface area (Å²) in [6, 6.07) is 4.23. The number of anilines is 3. The summed E-state index contributed by atoms with van der Waals surface area (Å²) < 4.78 is 39.8. The van der Waals surface area contributed by atoms with Crippen LogP contribution in [0.2, 0.25) is 0 Å². The first-order valence-electron chi connectivity index (χ1n) is 6.16. The third-order valence-electron chi connectivity index (χ3n) is 2.83.